The number of hydrogen-bond donors (Lipinski definition) is 2. The molecule has 1 aromatic carbocycles. The van der Waals surface area contributed by atoms with Crippen molar-refractivity contribution in [1.29, 1.82) is 0 Å². The number of nitrogens with one attached hydrogen (secondary N) is 2. The zero-order valence-electron chi connectivity index (χ0n) is 10.7. The van der Waals surface area contributed by atoms with E-state index in [1.165, 1.54) is 24.1 Å². The van der Waals surface area contributed by atoms with E-state index in [2.05, 4.69) is 48.7 Å². The molecule has 96 valence electrons. The van der Waals surface area contributed by atoms with Crippen LogP contribution in [0.1, 0.15) is 38.2 Å². The van der Waals surface area contributed by atoms with Crippen molar-refractivity contribution in [1.82, 2.24) is 5.32 Å². The molecule has 2 nitrogen and oxygen atoms in total. The fraction of sp³-hybridized carbons (Fsp3) is 0.571. The van der Waals surface area contributed by atoms with Crippen molar-refractivity contribution in [2.75, 3.05) is 18.4 Å². The Hall–Kier alpha value is -0.730. The summed E-state index contributed by atoms with van der Waals surface area (Å²) in [5.74, 6) is 0.661. The Bertz CT molecular complexity index is 339. The van der Waals surface area contributed by atoms with E-state index in [4.69, 9.17) is 0 Å². The molecule has 1 unspecified atom stereocenters. The Labute approximate surface area is 111 Å². The largest absolute Gasteiger partial charge is 0.385 e. The number of hydrogen-bond acceptors (Lipinski definition) is 2. The summed E-state index contributed by atoms with van der Waals surface area (Å²) in [5, 5.41) is 7.07. The molecule has 0 saturated carbocycles. The summed E-state index contributed by atoms with van der Waals surface area (Å²) in [6, 6.07) is 9.30. The topological polar surface area (TPSA) is 24.1 Å². The highest BCUT2D eigenvalue weighted by atomic mass is 35.5. The lowest BCUT2D eigenvalue weighted by Crippen LogP contribution is -2.27. The molecule has 1 heterocycles. The van der Waals surface area contributed by atoms with Crippen LogP contribution in [0.2, 0.25) is 0 Å². The van der Waals surface area contributed by atoms with Crippen LogP contribution in [0.25, 0.3) is 0 Å². The van der Waals surface area contributed by atoms with Crippen LogP contribution in [0.3, 0.4) is 0 Å². The summed E-state index contributed by atoms with van der Waals surface area (Å²) in [7, 11) is 0. The van der Waals surface area contributed by atoms with E-state index in [0.29, 0.717) is 12.0 Å². The first-order chi connectivity index (χ1) is 7.77. The molecule has 1 aromatic rings. The summed E-state index contributed by atoms with van der Waals surface area (Å²) in [5.41, 5.74) is 2.81. The van der Waals surface area contributed by atoms with E-state index in [1.807, 2.05) is 0 Å². The maximum absolute atomic E-state index is 3.56. The van der Waals surface area contributed by atoms with Crippen molar-refractivity contribution in [3.63, 3.8) is 0 Å². The molecule has 2 rings (SSSR count). The molecular weight excluding hydrogens is 232 g/mol. The number of benzene rings is 1. The highest BCUT2D eigenvalue weighted by Crippen LogP contribution is 2.30. The van der Waals surface area contributed by atoms with Crippen LogP contribution >= 0.6 is 12.4 Å². The van der Waals surface area contributed by atoms with Crippen molar-refractivity contribution in [3.8, 4) is 0 Å². The molecule has 0 spiro atoms. The Morgan fingerprint density at radius 2 is 2.12 bits per heavy atom. The lowest BCUT2D eigenvalue weighted by molar-refractivity contribution is 0.507. The van der Waals surface area contributed by atoms with Gasteiger partial charge in [0.2, 0.25) is 0 Å². The third-order valence-corrected chi connectivity index (χ3v) is 3.22. The summed E-state index contributed by atoms with van der Waals surface area (Å²) >= 11 is 0. The van der Waals surface area contributed by atoms with Gasteiger partial charge in [0.15, 0.2) is 0 Å². The predicted octanol–water partition coefficient (Wildman–Crippen LogP) is 3.40. The van der Waals surface area contributed by atoms with Crippen molar-refractivity contribution in [2.45, 2.75) is 38.6 Å². The minimum atomic E-state index is 0. The van der Waals surface area contributed by atoms with Crippen LogP contribution in [-0.4, -0.2) is 19.1 Å². The van der Waals surface area contributed by atoms with Gasteiger partial charge in [-0.05, 0) is 30.4 Å². The molecule has 0 fully saturated rings. The van der Waals surface area contributed by atoms with Gasteiger partial charge in [0.25, 0.3) is 0 Å². The first-order valence-electron chi connectivity index (χ1n) is 6.33. The highest BCUT2D eigenvalue weighted by molar-refractivity contribution is 5.85. The zero-order chi connectivity index (χ0) is 11.4. The first kappa shape index (κ1) is 14.3. The molecule has 1 aliphatic rings. The number of para-hydroxylation sites is 1. The third-order valence-electron chi connectivity index (χ3n) is 3.22. The molecular formula is C14H23ClN2. The number of fused-ring (bicyclic) bond motifs is 1. The van der Waals surface area contributed by atoms with E-state index >= 15 is 0 Å². The maximum Gasteiger partial charge on any atom is 0.0376 e. The van der Waals surface area contributed by atoms with Crippen molar-refractivity contribution >= 4 is 18.1 Å². The van der Waals surface area contributed by atoms with Crippen LogP contribution in [-0.2, 0) is 0 Å². The standard InChI is InChI=1S/C14H22N2.ClH/c1-11(2)16-10-12-6-5-9-15-14-8-4-3-7-13(12)14;/h3-4,7-8,11-12,15-16H,5-6,9-10H2,1-2H3;1H. The van der Waals surface area contributed by atoms with Crippen LogP contribution in [0.15, 0.2) is 24.3 Å². The minimum absolute atomic E-state index is 0. The third kappa shape index (κ3) is 3.90. The van der Waals surface area contributed by atoms with Crippen molar-refractivity contribution in [2.24, 2.45) is 0 Å². The van der Waals surface area contributed by atoms with Crippen molar-refractivity contribution in [3.05, 3.63) is 29.8 Å². The number of anilines is 1. The van der Waals surface area contributed by atoms with E-state index in [1.54, 1.807) is 0 Å². The number of halogens is 1. The Morgan fingerprint density at radius 1 is 1.35 bits per heavy atom. The highest BCUT2D eigenvalue weighted by Gasteiger charge is 2.17. The summed E-state index contributed by atoms with van der Waals surface area (Å²) in [4.78, 5) is 0. The van der Waals surface area contributed by atoms with Crippen LogP contribution in [0.4, 0.5) is 5.69 Å². The molecule has 0 bridgehead atoms. The molecule has 1 aliphatic heterocycles. The molecule has 0 amide bonds. The second-order valence-electron chi connectivity index (χ2n) is 4.92. The van der Waals surface area contributed by atoms with E-state index in [9.17, 15) is 0 Å². The Kier molecular flexibility index (Phi) is 5.79. The van der Waals surface area contributed by atoms with Crippen LogP contribution in [0, 0.1) is 0 Å². The quantitative estimate of drug-likeness (QED) is 0.864. The summed E-state index contributed by atoms with van der Waals surface area (Å²) in [6.07, 6.45) is 2.54. The fourth-order valence-electron chi connectivity index (χ4n) is 2.33. The summed E-state index contributed by atoms with van der Waals surface area (Å²) in [6.45, 7) is 6.62. The van der Waals surface area contributed by atoms with Gasteiger partial charge in [0.05, 0.1) is 0 Å². The van der Waals surface area contributed by atoms with Gasteiger partial charge < -0.3 is 10.6 Å². The fourth-order valence-corrected chi connectivity index (χ4v) is 2.33. The molecule has 0 aliphatic carbocycles. The van der Waals surface area contributed by atoms with Crippen molar-refractivity contribution < 1.29 is 0 Å². The smallest absolute Gasteiger partial charge is 0.0376 e. The molecule has 0 aromatic heterocycles. The van der Waals surface area contributed by atoms with E-state index < -0.39 is 0 Å². The lowest BCUT2D eigenvalue weighted by Gasteiger charge is -2.19. The average Bonchev–Trinajstić information content (AvgIpc) is 2.48. The van der Waals surface area contributed by atoms with Gasteiger partial charge in [-0.1, -0.05) is 32.0 Å². The predicted molar refractivity (Wildman–Crippen MR) is 77.3 cm³/mol. The van der Waals surface area contributed by atoms with Gasteiger partial charge >= 0.3 is 0 Å². The van der Waals surface area contributed by atoms with Gasteiger partial charge in [-0.25, -0.2) is 0 Å². The minimum Gasteiger partial charge on any atom is -0.385 e. The SMILES string of the molecule is CC(C)NCC1CCCNc2ccccc21.Cl. The lowest BCUT2D eigenvalue weighted by atomic mass is 9.94. The first-order valence-corrected chi connectivity index (χ1v) is 6.33. The molecule has 1 atom stereocenters. The molecule has 0 saturated heterocycles. The van der Waals surface area contributed by atoms with Gasteiger partial charge in [0.1, 0.15) is 0 Å². The second-order valence-corrected chi connectivity index (χ2v) is 4.92. The molecule has 17 heavy (non-hydrogen) atoms. The Morgan fingerprint density at radius 3 is 2.88 bits per heavy atom. The maximum atomic E-state index is 3.56. The van der Waals surface area contributed by atoms with Crippen LogP contribution in [0.5, 0.6) is 0 Å². The zero-order valence-corrected chi connectivity index (χ0v) is 11.5. The van der Waals surface area contributed by atoms with E-state index in [-0.39, 0.29) is 12.4 Å². The number of rotatable bonds is 3. The van der Waals surface area contributed by atoms with Gasteiger partial charge in [0, 0.05) is 24.8 Å². The molecule has 0 radical (unpaired) electrons. The Balaban J connectivity index is 0.00000144. The monoisotopic (exact) mass is 254 g/mol. The van der Waals surface area contributed by atoms with E-state index in [0.717, 1.165) is 13.1 Å². The summed E-state index contributed by atoms with van der Waals surface area (Å²) < 4.78 is 0. The average molecular weight is 255 g/mol. The van der Waals surface area contributed by atoms with Gasteiger partial charge in [-0.3, -0.25) is 0 Å². The molecule has 2 N–H and O–H groups in total. The molecule has 3 heteroatoms. The van der Waals surface area contributed by atoms with Gasteiger partial charge in [-0.2, -0.15) is 0 Å². The van der Waals surface area contributed by atoms with Crippen LogP contribution < -0.4 is 10.6 Å². The second kappa shape index (κ2) is 6.87. The normalized spacial score (nSPS) is 18.9. The van der Waals surface area contributed by atoms with Gasteiger partial charge in [-0.15, -0.1) is 12.4 Å².